The highest BCUT2D eigenvalue weighted by atomic mass is 35.5. The van der Waals surface area contributed by atoms with Crippen LogP contribution in [0.15, 0.2) is 41.3 Å². The molecule has 0 aliphatic heterocycles. The zero-order valence-electron chi connectivity index (χ0n) is 13.3. The van der Waals surface area contributed by atoms with Gasteiger partial charge in [0.25, 0.3) is 5.56 Å². The molecule has 1 aromatic carbocycles. The first-order valence-corrected chi connectivity index (χ1v) is 7.66. The molecule has 1 aromatic heterocycles. The van der Waals surface area contributed by atoms with Crippen LogP contribution in [0.5, 0.6) is 0 Å². The molecule has 122 valence electrons. The highest BCUT2D eigenvalue weighted by Gasteiger charge is 2.22. The van der Waals surface area contributed by atoms with Crippen molar-refractivity contribution in [2.75, 3.05) is 11.9 Å². The van der Waals surface area contributed by atoms with Crippen LogP contribution in [-0.4, -0.2) is 17.1 Å². The predicted octanol–water partition coefficient (Wildman–Crippen LogP) is 3.06. The number of hydrogen-bond donors (Lipinski definition) is 1. The fourth-order valence-corrected chi connectivity index (χ4v) is 2.41. The summed E-state index contributed by atoms with van der Waals surface area (Å²) in [4.78, 5) is 24.1. The van der Waals surface area contributed by atoms with Gasteiger partial charge in [-0.05, 0) is 37.6 Å². The molecule has 0 saturated heterocycles. The van der Waals surface area contributed by atoms with Crippen molar-refractivity contribution in [1.82, 2.24) is 4.57 Å². The molecule has 0 spiro atoms. The SMILES string of the molecule is CCOC(=O)C(Nc1cc(C)c(=O)n(C)c1)c1ccc(Cl)cc1. The van der Waals surface area contributed by atoms with Crippen molar-refractivity contribution in [3.05, 3.63) is 63.0 Å². The third-order valence-corrected chi connectivity index (χ3v) is 3.65. The second kappa shape index (κ2) is 7.33. The Bertz CT molecular complexity index is 727. The summed E-state index contributed by atoms with van der Waals surface area (Å²) < 4.78 is 6.62. The van der Waals surface area contributed by atoms with E-state index in [4.69, 9.17) is 16.3 Å². The molecule has 2 aromatic rings. The molecule has 23 heavy (non-hydrogen) atoms. The van der Waals surface area contributed by atoms with E-state index in [1.54, 1.807) is 57.4 Å². The van der Waals surface area contributed by atoms with E-state index in [2.05, 4.69) is 5.32 Å². The fraction of sp³-hybridized carbons (Fsp3) is 0.294. The maximum atomic E-state index is 12.3. The van der Waals surface area contributed by atoms with Crippen LogP contribution in [0.4, 0.5) is 5.69 Å². The lowest BCUT2D eigenvalue weighted by molar-refractivity contribution is -0.144. The predicted molar refractivity (Wildman–Crippen MR) is 90.9 cm³/mol. The van der Waals surface area contributed by atoms with Crippen molar-refractivity contribution in [3.8, 4) is 0 Å². The van der Waals surface area contributed by atoms with Crippen molar-refractivity contribution < 1.29 is 9.53 Å². The number of ether oxygens (including phenoxy) is 1. The van der Waals surface area contributed by atoms with Gasteiger partial charge >= 0.3 is 5.97 Å². The number of benzene rings is 1. The maximum Gasteiger partial charge on any atom is 0.333 e. The highest BCUT2D eigenvalue weighted by Crippen LogP contribution is 2.22. The van der Waals surface area contributed by atoms with Crippen LogP contribution in [0, 0.1) is 6.92 Å². The number of rotatable bonds is 5. The average molecular weight is 335 g/mol. The van der Waals surface area contributed by atoms with Crippen molar-refractivity contribution in [3.63, 3.8) is 0 Å². The van der Waals surface area contributed by atoms with E-state index in [1.807, 2.05) is 0 Å². The van der Waals surface area contributed by atoms with Crippen LogP contribution < -0.4 is 10.9 Å². The second-order valence-corrected chi connectivity index (χ2v) is 5.65. The van der Waals surface area contributed by atoms with Gasteiger partial charge in [-0.3, -0.25) is 4.79 Å². The lowest BCUT2D eigenvalue weighted by Gasteiger charge is -2.19. The number of carbonyl (C=O) groups excluding carboxylic acids is 1. The lowest BCUT2D eigenvalue weighted by atomic mass is 10.1. The molecular formula is C17H19ClN2O3. The van der Waals surface area contributed by atoms with Crippen LogP contribution in [0.3, 0.4) is 0 Å². The van der Waals surface area contributed by atoms with Crippen molar-refractivity contribution in [1.29, 1.82) is 0 Å². The van der Waals surface area contributed by atoms with Gasteiger partial charge in [0.15, 0.2) is 6.04 Å². The standard InChI is InChI=1S/C17H19ClN2O3/c1-4-23-17(22)15(12-5-7-13(18)8-6-12)19-14-9-11(2)16(21)20(3)10-14/h5-10,15,19H,4H2,1-3H3. The van der Waals surface area contributed by atoms with Crippen LogP contribution in [-0.2, 0) is 16.6 Å². The number of aromatic nitrogens is 1. The number of esters is 1. The number of nitrogens with one attached hydrogen (secondary N) is 1. The molecule has 0 fully saturated rings. The number of nitrogens with zero attached hydrogens (tertiary/aromatic N) is 1. The summed E-state index contributed by atoms with van der Waals surface area (Å²) in [6.07, 6.45) is 1.65. The molecule has 2 rings (SSSR count). The first-order chi connectivity index (χ1) is 10.9. The normalized spacial score (nSPS) is 11.8. The van der Waals surface area contributed by atoms with Gasteiger partial charge in [0.2, 0.25) is 0 Å². The Morgan fingerprint density at radius 1 is 1.35 bits per heavy atom. The molecule has 0 saturated carbocycles. The smallest absolute Gasteiger partial charge is 0.333 e. The van der Waals surface area contributed by atoms with E-state index < -0.39 is 6.04 Å². The van der Waals surface area contributed by atoms with Crippen LogP contribution in [0.1, 0.15) is 24.1 Å². The summed E-state index contributed by atoms with van der Waals surface area (Å²) >= 11 is 5.90. The molecule has 1 heterocycles. The number of pyridine rings is 1. The third kappa shape index (κ3) is 4.13. The molecule has 0 amide bonds. The Morgan fingerprint density at radius 3 is 2.57 bits per heavy atom. The van der Waals surface area contributed by atoms with Gasteiger partial charge in [0.1, 0.15) is 0 Å². The Balaban J connectivity index is 2.36. The van der Waals surface area contributed by atoms with Gasteiger partial charge in [-0.15, -0.1) is 0 Å². The topological polar surface area (TPSA) is 60.3 Å². The highest BCUT2D eigenvalue weighted by molar-refractivity contribution is 6.30. The lowest BCUT2D eigenvalue weighted by Crippen LogP contribution is -2.25. The minimum absolute atomic E-state index is 0.0743. The maximum absolute atomic E-state index is 12.3. The van der Waals surface area contributed by atoms with Gasteiger partial charge in [-0.2, -0.15) is 0 Å². The van der Waals surface area contributed by atoms with Crippen LogP contribution in [0.2, 0.25) is 5.02 Å². The first kappa shape index (κ1) is 17.1. The minimum Gasteiger partial charge on any atom is -0.464 e. The van der Waals surface area contributed by atoms with Crippen molar-refractivity contribution >= 4 is 23.3 Å². The van der Waals surface area contributed by atoms with E-state index in [-0.39, 0.29) is 18.1 Å². The molecule has 0 bridgehead atoms. The van der Waals surface area contributed by atoms with Gasteiger partial charge < -0.3 is 14.6 Å². The Kier molecular flexibility index (Phi) is 5.45. The Morgan fingerprint density at radius 2 is 2.00 bits per heavy atom. The van der Waals surface area contributed by atoms with Crippen LogP contribution >= 0.6 is 11.6 Å². The molecular weight excluding hydrogens is 316 g/mol. The van der Waals surface area contributed by atoms with E-state index >= 15 is 0 Å². The summed E-state index contributed by atoms with van der Waals surface area (Å²) in [6, 6.07) is 8.01. The third-order valence-electron chi connectivity index (χ3n) is 3.40. The van der Waals surface area contributed by atoms with Crippen molar-refractivity contribution in [2.24, 2.45) is 7.05 Å². The molecule has 1 N–H and O–H groups in total. The molecule has 5 nitrogen and oxygen atoms in total. The summed E-state index contributed by atoms with van der Waals surface area (Å²) in [7, 11) is 1.67. The Labute approximate surface area is 139 Å². The first-order valence-electron chi connectivity index (χ1n) is 7.28. The molecule has 6 heteroatoms. The van der Waals surface area contributed by atoms with E-state index in [1.165, 1.54) is 4.57 Å². The summed E-state index contributed by atoms with van der Waals surface area (Å²) in [5.41, 5.74) is 1.92. The Hall–Kier alpha value is -2.27. The van der Waals surface area contributed by atoms with E-state index in [0.717, 1.165) is 5.56 Å². The van der Waals surface area contributed by atoms with Gasteiger partial charge in [-0.1, -0.05) is 23.7 Å². The number of hydrogen-bond acceptors (Lipinski definition) is 4. The van der Waals surface area contributed by atoms with Gasteiger partial charge in [0, 0.05) is 23.8 Å². The number of carbonyl (C=O) groups is 1. The molecule has 0 aliphatic carbocycles. The largest absolute Gasteiger partial charge is 0.464 e. The van der Waals surface area contributed by atoms with Gasteiger partial charge in [-0.25, -0.2) is 4.79 Å². The molecule has 0 radical (unpaired) electrons. The number of aryl methyl sites for hydroxylation is 2. The van der Waals surface area contributed by atoms with E-state index in [9.17, 15) is 9.59 Å². The number of halogens is 1. The quantitative estimate of drug-likeness (QED) is 0.854. The molecule has 1 atom stereocenters. The van der Waals surface area contributed by atoms with E-state index in [0.29, 0.717) is 16.3 Å². The molecule has 1 unspecified atom stereocenters. The monoisotopic (exact) mass is 334 g/mol. The summed E-state index contributed by atoms with van der Waals surface area (Å²) in [6.45, 7) is 3.78. The molecule has 0 aliphatic rings. The van der Waals surface area contributed by atoms with Crippen molar-refractivity contribution in [2.45, 2.75) is 19.9 Å². The van der Waals surface area contributed by atoms with Gasteiger partial charge in [0.05, 0.1) is 12.3 Å². The summed E-state index contributed by atoms with van der Waals surface area (Å²) in [5, 5.41) is 3.72. The van der Waals surface area contributed by atoms with Crippen LogP contribution in [0.25, 0.3) is 0 Å². The summed E-state index contributed by atoms with van der Waals surface area (Å²) in [5.74, 6) is -0.388. The second-order valence-electron chi connectivity index (χ2n) is 5.21. The zero-order valence-corrected chi connectivity index (χ0v) is 14.1. The number of anilines is 1. The fourth-order valence-electron chi connectivity index (χ4n) is 2.28. The zero-order chi connectivity index (χ0) is 17.0. The average Bonchev–Trinajstić information content (AvgIpc) is 2.51. The minimum atomic E-state index is -0.677.